The summed E-state index contributed by atoms with van der Waals surface area (Å²) in [6.07, 6.45) is 0.738. The second kappa shape index (κ2) is 13.3. The molecule has 1 aromatic carbocycles. The highest BCUT2D eigenvalue weighted by molar-refractivity contribution is 6.60. The molecule has 35 heavy (non-hydrogen) atoms. The number of esters is 2. The fourth-order valence-electron chi connectivity index (χ4n) is 3.40. The van der Waals surface area contributed by atoms with Crippen molar-refractivity contribution >= 4 is 32.6 Å². The largest absolute Gasteiger partial charge is 0.500 e. The molecule has 0 radical (unpaired) electrons. The Hall–Kier alpha value is -2.90. The molecular weight excluding hydrogens is 476 g/mol. The van der Waals surface area contributed by atoms with E-state index < -0.39 is 32.6 Å². The van der Waals surface area contributed by atoms with E-state index in [4.69, 9.17) is 22.8 Å². The van der Waals surface area contributed by atoms with E-state index in [1.807, 2.05) is 0 Å². The summed E-state index contributed by atoms with van der Waals surface area (Å²) in [6, 6.07) is 4.83. The lowest BCUT2D eigenvalue weighted by molar-refractivity contribution is -0.140. The van der Waals surface area contributed by atoms with E-state index in [1.165, 1.54) is 25.1 Å². The van der Waals surface area contributed by atoms with Gasteiger partial charge in [0.1, 0.15) is 13.2 Å². The van der Waals surface area contributed by atoms with Gasteiger partial charge in [-0.05, 0) is 38.1 Å². The second-order valence-corrected chi connectivity index (χ2v) is 10.8. The molecule has 11 nitrogen and oxygen atoms in total. The third kappa shape index (κ3) is 7.29. The van der Waals surface area contributed by atoms with Crippen molar-refractivity contribution in [3.8, 4) is 0 Å². The number of ether oxygens (including phenoxy) is 2. The minimum Gasteiger partial charge on any atom is -0.459 e. The molecule has 1 aliphatic heterocycles. The Morgan fingerprint density at radius 2 is 1.60 bits per heavy atom. The molecule has 0 unspecified atom stereocenters. The monoisotopic (exact) mass is 508 g/mol. The number of carbonyl (C=O) groups is 4. The van der Waals surface area contributed by atoms with Crippen molar-refractivity contribution in [1.29, 1.82) is 0 Å². The zero-order chi connectivity index (χ0) is 26.0. The van der Waals surface area contributed by atoms with Crippen LogP contribution in [0.4, 0.5) is 0 Å². The van der Waals surface area contributed by atoms with Crippen LogP contribution in [0.15, 0.2) is 30.4 Å². The molecule has 0 spiro atoms. The zero-order valence-electron chi connectivity index (χ0n) is 20.5. The maximum Gasteiger partial charge on any atom is 0.500 e. The Bertz CT molecular complexity index is 954. The molecule has 1 aliphatic rings. The highest BCUT2D eigenvalue weighted by Gasteiger charge is 2.37. The first-order chi connectivity index (χ1) is 16.7. The Labute approximate surface area is 205 Å². The summed E-state index contributed by atoms with van der Waals surface area (Å²) in [7, 11) is 2.05. The topological polar surface area (TPSA) is 130 Å². The second-order valence-electron chi connectivity index (χ2n) is 7.72. The van der Waals surface area contributed by atoms with Gasteiger partial charge in [0.15, 0.2) is 0 Å². The number of nitrogens with zero attached hydrogens (tertiary/aromatic N) is 1. The van der Waals surface area contributed by atoms with E-state index >= 15 is 0 Å². The maximum absolute atomic E-state index is 12.8. The van der Waals surface area contributed by atoms with Crippen LogP contribution in [0.3, 0.4) is 0 Å². The first kappa shape index (κ1) is 28.3. The number of carbonyl (C=O) groups excluding carboxylic acids is 4. The minimum atomic E-state index is -2.63. The quantitative estimate of drug-likeness (QED) is 0.122. The predicted octanol–water partition coefficient (Wildman–Crippen LogP) is 1.42. The van der Waals surface area contributed by atoms with Gasteiger partial charge in [-0.25, -0.2) is 9.59 Å². The number of rotatable bonds is 15. The van der Waals surface area contributed by atoms with Crippen molar-refractivity contribution in [2.45, 2.75) is 19.4 Å². The van der Waals surface area contributed by atoms with Gasteiger partial charge in [-0.1, -0.05) is 6.58 Å². The van der Waals surface area contributed by atoms with Crippen LogP contribution in [0, 0.1) is 0 Å². The summed E-state index contributed by atoms with van der Waals surface area (Å²) in [6.45, 7) is 5.92. The fraction of sp³-hybridized carbons (Fsp3) is 0.478. The fourth-order valence-corrected chi connectivity index (χ4v) is 5.12. The number of benzene rings is 1. The van der Waals surface area contributed by atoms with Gasteiger partial charge in [0.25, 0.3) is 11.8 Å². The van der Waals surface area contributed by atoms with Crippen LogP contribution in [-0.4, -0.2) is 91.6 Å². The molecule has 0 saturated heterocycles. The van der Waals surface area contributed by atoms with Gasteiger partial charge < -0.3 is 28.1 Å². The van der Waals surface area contributed by atoms with Gasteiger partial charge in [0.05, 0.1) is 16.7 Å². The highest BCUT2D eigenvalue weighted by atomic mass is 28.4. The number of imide groups is 1. The average Bonchev–Trinajstić information content (AvgIpc) is 3.10. The Kier molecular flexibility index (Phi) is 10.7. The van der Waals surface area contributed by atoms with Crippen LogP contribution in [0.1, 0.15) is 44.4 Å². The molecule has 0 atom stereocenters. The van der Waals surface area contributed by atoms with Crippen molar-refractivity contribution in [3.63, 3.8) is 0 Å². The van der Waals surface area contributed by atoms with Crippen LogP contribution in [0.5, 0.6) is 0 Å². The van der Waals surface area contributed by atoms with Crippen LogP contribution in [0.2, 0.25) is 6.04 Å². The van der Waals surface area contributed by atoms with Crippen molar-refractivity contribution in [2.24, 2.45) is 0 Å². The van der Waals surface area contributed by atoms with Crippen molar-refractivity contribution < 1.29 is 41.9 Å². The number of nitrogens with one attached hydrogen (secondary N) is 1. The Morgan fingerprint density at radius 3 is 2.23 bits per heavy atom. The summed E-state index contributed by atoms with van der Waals surface area (Å²) in [5, 5.41) is 3.19. The van der Waals surface area contributed by atoms with Crippen LogP contribution in [-0.2, 0) is 27.5 Å². The number of hydrogen-bond donors (Lipinski definition) is 1. The summed E-state index contributed by atoms with van der Waals surface area (Å²) >= 11 is 0. The van der Waals surface area contributed by atoms with Crippen molar-refractivity contribution in [1.82, 2.24) is 10.2 Å². The zero-order valence-corrected chi connectivity index (χ0v) is 21.5. The molecule has 0 aromatic heterocycles. The van der Waals surface area contributed by atoms with Gasteiger partial charge in [0.2, 0.25) is 0 Å². The summed E-state index contributed by atoms with van der Waals surface area (Å²) in [5.74, 6) is -2.15. The molecule has 1 aromatic rings. The summed E-state index contributed by atoms with van der Waals surface area (Å²) in [4.78, 5) is 50.2. The molecule has 1 N–H and O–H groups in total. The molecule has 0 fully saturated rings. The van der Waals surface area contributed by atoms with E-state index in [-0.39, 0.29) is 42.0 Å². The van der Waals surface area contributed by atoms with Gasteiger partial charge in [-0.3, -0.25) is 14.5 Å². The maximum atomic E-state index is 12.8. The normalized spacial score (nSPS) is 13.1. The summed E-state index contributed by atoms with van der Waals surface area (Å²) in [5.41, 5.74) is 0.746. The van der Waals surface area contributed by atoms with E-state index in [9.17, 15) is 19.2 Å². The third-order valence-electron chi connectivity index (χ3n) is 5.39. The molecule has 1 heterocycles. The molecule has 192 valence electrons. The first-order valence-corrected chi connectivity index (χ1v) is 13.0. The van der Waals surface area contributed by atoms with Crippen LogP contribution >= 0.6 is 0 Å². The van der Waals surface area contributed by atoms with Crippen molar-refractivity contribution in [2.75, 3.05) is 54.2 Å². The Balaban J connectivity index is 1.83. The minimum absolute atomic E-state index is 0.119. The number of hydrogen-bond acceptors (Lipinski definition) is 10. The summed E-state index contributed by atoms with van der Waals surface area (Å²) < 4.78 is 26.0. The van der Waals surface area contributed by atoms with E-state index in [1.54, 1.807) is 21.3 Å². The smallest absolute Gasteiger partial charge is 0.459 e. The lowest BCUT2D eigenvalue weighted by atomic mass is 10.1. The van der Waals surface area contributed by atoms with Crippen LogP contribution in [0.25, 0.3) is 0 Å². The van der Waals surface area contributed by atoms with E-state index in [0.29, 0.717) is 19.1 Å². The Morgan fingerprint density at radius 1 is 0.971 bits per heavy atom. The molecule has 12 heteroatoms. The van der Waals surface area contributed by atoms with E-state index in [0.717, 1.165) is 11.3 Å². The molecule has 2 amide bonds. The SMILES string of the molecule is C=C(C)C(=O)OCCOC(=O)c1ccc2c(c1)C(=O)N(CCNCCC[Si](OC)(OC)OC)C2=O. The standard InChI is InChI=1S/C23H32N2O9Si/c1-16(2)22(28)33-12-13-34-23(29)17-7-8-18-19(15-17)21(27)25(20(18)26)11-10-24-9-6-14-35(30-3,31-4)32-5/h7-8,15,24H,1,6,9-14H2,2-5H3. The van der Waals surface area contributed by atoms with E-state index in [2.05, 4.69) is 11.9 Å². The molecule has 2 rings (SSSR count). The van der Waals surface area contributed by atoms with Crippen LogP contribution < -0.4 is 5.32 Å². The molecule has 0 aliphatic carbocycles. The predicted molar refractivity (Wildman–Crippen MR) is 127 cm³/mol. The first-order valence-electron chi connectivity index (χ1n) is 11.1. The lowest BCUT2D eigenvalue weighted by Gasteiger charge is -2.24. The third-order valence-corrected chi connectivity index (χ3v) is 8.22. The van der Waals surface area contributed by atoms with Gasteiger partial charge in [-0.15, -0.1) is 0 Å². The number of amides is 2. The molecular formula is C23H32N2O9Si. The number of fused-ring (bicyclic) bond motifs is 1. The highest BCUT2D eigenvalue weighted by Crippen LogP contribution is 2.24. The molecule has 0 saturated carbocycles. The van der Waals surface area contributed by atoms with Crippen molar-refractivity contribution in [3.05, 3.63) is 47.0 Å². The lowest BCUT2D eigenvalue weighted by Crippen LogP contribution is -2.43. The van der Waals surface area contributed by atoms with Gasteiger partial charge in [0, 0.05) is 46.0 Å². The molecule has 0 bridgehead atoms. The average molecular weight is 509 g/mol. The van der Waals surface area contributed by atoms with Gasteiger partial charge in [-0.2, -0.15) is 0 Å². The van der Waals surface area contributed by atoms with Gasteiger partial charge >= 0.3 is 20.7 Å².